The molecule has 2 rings (SSSR count). The molecule has 0 unspecified atom stereocenters. The second-order valence-corrected chi connectivity index (χ2v) is 3.52. The summed E-state index contributed by atoms with van der Waals surface area (Å²) in [5, 5.41) is 11.9. The molecule has 0 saturated heterocycles. The number of phenolic OH excluding ortho intramolecular Hbond substituents is 1. The highest BCUT2D eigenvalue weighted by Gasteiger charge is 2.04. The maximum absolute atomic E-state index is 11.6. The van der Waals surface area contributed by atoms with Gasteiger partial charge in [-0.15, -0.1) is 0 Å². The van der Waals surface area contributed by atoms with Crippen molar-refractivity contribution in [2.24, 2.45) is 0 Å². The third-order valence-electron chi connectivity index (χ3n) is 2.12. The highest BCUT2D eigenvalue weighted by atomic mass is 16.3. The number of carbonyl (C=O) groups excluding carboxylic acids is 1. The van der Waals surface area contributed by atoms with Crippen molar-refractivity contribution in [3.05, 3.63) is 48.5 Å². The summed E-state index contributed by atoms with van der Waals surface area (Å²) in [6.07, 6.45) is 4.63. The lowest BCUT2D eigenvalue weighted by atomic mass is 10.1. The van der Waals surface area contributed by atoms with Crippen LogP contribution in [0.1, 0.15) is 5.56 Å². The van der Waals surface area contributed by atoms with Crippen LogP contribution in [0.4, 0.5) is 5.69 Å². The summed E-state index contributed by atoms with van der Waals surface area (Å²) in [5.41, 5.74) is 1.30. The van der Waals surface area contributed by atoms with Gasteiger partial charge in [0, 0.05) is 0 Å². The Morgan fingerprint density at radius 2 is 2.06 bits per heavy atom. The lowest BCUT2D eigenvalue weighted by molar-refractivity contribution is -0.115. The highest BCUT2D eigenvalue weighted by Crippen LogP contribution is 2.12. The van der Waals surface area contributed by atoms with Crippen LogP contribution in [0.25, 0.3) is 0 Å². The number of nitrogens with zero attached hydrogens (tertiary/aromatic N) is 2. The van der Waals surface area contributed by atoms with Gasteiger partial charge in [0.2, 0.25) is 5.91 Å². The molecule has 0 fully saturated rings. The lowest BCUT2D eigenvalue weighted by Crippen LogP contribution is -2.14. The summed E-state index contributed by atoms with van der Waals surface area (Å²) in [6, 6.07) is 6.60. The summed E-state index contributed by atoms with van der Waals surface area (Å²) in [7, 11) is 0. The van der Waals surface area contributed by atoms with Gasteiger partial charge in [-0.25, -0.2) is 9.97 Å². The molecule has 2 aromatic rings. The predicted molar refractivity (Wildman–Crippen MR) is 62.5 cm³/mol. The fraction of sp³-hybridized carbons (Fsp3) is 0.0833. The van der Waals surface area contributed by atoms with E-state index in [9.17, 15) is 9.90 Å². The van der Waals surface area contributed by atoms with Crippen LogP contribution in [0.3, 0.4) is 0 Å². The van der Waals surface area contributed by atoms with Crippen LogP contribution < -0.4 is 5.32 Å². The molecule has 0 aliphatic rings. The van der Waals surface area contributed by atoms with Crippen molar-refractivity contribution < 1.29 is 9.90 Å². The van der Waals surface area contributed by atoms with Gasteiger partial charge in [0.05, 0.1) is 24.5 Å². The summed E-state index contributed by atoms with van der Waals surface area (Å²) >= 11 is 0. The molecule has 5 heteroatoms. The Kier molecular flexibility index (Phi) is 3.30. The fourth-order valence-corrected chi connectivity index (χ4v) is 1.42. The van der Waals surface area contributed by atoms with Gasteiger partial charge in [-0.1, -0.05) is 12.1 Å². The number of nitrogens with one attached hydrogen (secondary N) is 1. The molecular formula is C12H11N3O2. The van der Waals surface area contributed by atoms with Crippen LogP contribution in [0, 0.1) is 0 Å². The zero-order valence-electron chi connectivity index (χ0n) is 9.00. The molecule has 0 saturated carbocycles. The quantitative estimate of drug-likeness (QED) is 0.833. The first-order valence-electron chi connectivity index (χ1n) is 5.07. The second-order valence-electron chi connectivity index (χ2n) is 3.52. The minimum Gasteiger partial charge on any atom is -0.508 e. The average Bonchev–Trinajstić information content (AvgIpc) is 2.30. The minimum atomic E-state index is -0.176. The molecule has 0 aliphatic heterocycles. The molecule has 0 atom stereocenters. The maximum Gasteiger partial charge on any atom is 0.228 e. The Hall–Kier alpha value is -2.43. The number of phenols is 1. The molecule has 86 valence electrons. The monoisotopic (exact) mass is 229 g/mol. The maximum atomic E-state index is 11.6. The molecule has 17 heavy (non-hydrogen) atoms. The van der Waals surface area contributed by atoms with E-state index in [1.807, 2.05) is 0 Å². The van der Waals surface area contributed by atoms with Crippen molar-refractivity contribution in [1.29, 1.82) is 0 Å². The highest BCUT2D eigenvalue weighted by molar-refractivity contribution is 5.91. The zero-order valence-corrected chi connectivity index (χ0v) is 9.00. The first-order chi connectivity index (χ1) is 8.24. The van der Waals surface area contributed by atoms with E-state index >= 15 is 0 Å². The van der Waals surface area contributed by atoms with Crippen molar-refractivity contribution >= 4 is 11.6 Å². The predicted octanol–water partition coefficient (Wildman–Crippen LogP) is 1.36. The van der Waals surface area contributed by atoms with Gasteiger partial charge in [-0.3, -0.25) is 4.79 Å². The van der Waals surface area contributed by atoms with E-state index < -0.39 is 0 Å². The molecule has 0 spiro atoms. The van der Waals surface area contributed by atoms with E-state index in [4.69, 9.17) is 0 Å². The first kappa shape index (κ1) is 11.1. The van der Waals surface area contributed by atoms with Gasteiger partial charge in [0.1, 0.15) is 12.1 Å². The number of aromatic nitrogens is 2. The van der Waals surface area contributed by atoms with Crippen molar-refractivity contribution in [2.75, 3.05) is 5.32 Å². The average molecular weight is 229 g/mol. The van der Waals surface area contributed by atoms with Gasteiger partial charge >= 0.3 is 0 Å². The molecule has 0 bridgehead atoms. The fourth-order valence-electron chi connectivity index (χ4n) is 1.42. The van der Waals surface area contributed by atoms with E-state index in [0.717, 1.165) is 5.56 Å². The van der Waals surface area contributed by atoms with Gasteiger partial charge in [0.25, 0.3) is 0 Å². The van der Waals surface area contributed by atoms with Crippen molar-refractivity contribution in [1.82, 2.24) is 9.97 Å². The molecule has 2 N–H and O–H groups in total. The molecule has 1 aromatic heterocycles. The summed E-state index contributed by atoms with van der Waals surface area (Å²) in [6.45, 7) is 0. The Labute approximate surface area is 98.2 Å². The molecule has 1 aromatic carbocycles. The lowest BCUT2D eigenvalue weighted by Gasteiger charge is -2.04. The summed E-state index contributed by atoms with van der Waals surface area (Å²) in [5.74, 6) is -0.0243. The van der Waals surface area contributed by atoms with Gasteiger partial charge in [-0.2, -0.15) is 0 Å². The Balaban J connectivity index is 1.98. The third-order valence-corrected chi connectivity index (χ3v) is 2.12. The van der Waals surface area contributed by atoms with E-state index in [1.165, 1.54) is 18.7 Å². The van der Waals surface area contributed by atoms with E-state index in [0.29, 0.717) is 5.69 Å². The number of rotatable bonds is 3. The zero-order chi connectivity index (χ0) is 12.1. The second kappa shape index (κ2) is 5.07. The first-order valence-corrected chi connectivity index (χ1v) is 5.07. The normalized spacial score (nSPS) is 9.88. The topological polar surface area (TPSA) is 75.1 Å². The minimum absolute atomic E-state index is 0.151. The standard InChI is InChI=1S/C12H11N3O2/c16-11-3-1-2-9(4-11)5-12(17)15-10-6-13-8-14-7-10/h1-4,6-8,16H,5H2,(H,15,17). The van der Waals surface area contributed by atoms with Crippen LogP contribution in [0.15, 0.2) is 43.0 Å². The van der Waals surface area contributed by atoms with E-state index in [2.05, 4.69) is 15.3 Å². The molecule has 1 amide bonds. The molecule has 1 heterocycles. The molecular weight excluding hydrogens is 218 g/mol. The Bertz CT molecular complexity index is 514. The van der Waals surface area contributed by atoms with Crippen LogP contribution in [-0.2, 0) is 11.2 Å². The van der Waals surface area contributed by atoms with Crippen LogP contribution in [0.2, 0.25) is 0 Å². The largest absolute Gasteiger partial charge is 0.508 e. The Morgan fingerprint density at radius 3 is 2.76 bits per heavy atom. The Morgan fingerprint density at radius 1 is 1.29 bits per heavy atom. The third kappa shape index (κ3) is 3.27. The van der Waals surface area contributed by atoms with Crippen molar-refractivity contribution in [3.8, 4) is 5.75 Å². The van der Waals surface area contributed by atoms with Crippen molar-refractivity contribution in [2.45, 2.75) is 6.42 Å². The summed E-state index contributed by atoms with van der Waals surface area (Å²) < 4.78 is 0. The number of carbonyl (C=O) groups is 1. The van der Waals surface area contributed by atoms with Gasteiger partial charge in [-0.05, 0) is 17.7 Å². The van der Waals surface area contributed by atoms with Crippen LogP contribution >= 0.6 is 0 Å². The number of hydrogen-bond donors (Lipinski definition) is 2. The summed E-state index contributed by atoms with van der Waals surface area (Å²) in [4.78, 5) is 19.2. The van der Waals surface area contributed by atoms with E-state index in [-0.39, 0.29) is 18.1 Å². The number of aromatic hydroxyl groups is 1. The van der Waals surface area contributed by atoms with Gasteiger partial charge < -0.3 is 10.4 Å². The van der Waals surface area contributed by atoms with Crippen molar-refractivity contribution in [3.63, 3.8) is 0 Å². The van der Waals surface area contributed by atoms with Crippen LogP contribution in [0.5, 0.6) is 5.75 Å². The number of anilines is 1. The number of benzene rings is 1. The molecule has 0 aliphatic carbocycles. The SMILES string of the molecule is O=C(Cc1cccc(O)c1)Nc1cncnc1. The molecule has 0 radical (unpaired) electrons. The van der Waals surface area contributed by atoms with Crippen LogP contribution in [-0.4, -0.2) is 21.0 Å². The number of hydrogen-bond acceptors (Lipinski definition) is 4. The van der Waals surface area contributed by atoms with E-state index in [1.54, 1.807) is 24.3 Å². The van der Waals surface area contributed by atoms with Gasteiger partial charge in [0.15, 0.2) is 0 Å². The number of amides is 1. The molecule has 5 nitrogen and oxygen atoms in total. The smallest absolute Gasteiger partial charge is 0.228 e.